The topological polar surface area (TPSA) is 80.3 Å². The number of nitrogens with one attached hydrogen (secondary N) is 1. The van der Waals surface area contributed by atoms with Crippen molar-refractivity contribution < 1.29 is 24.2 Å². The van der Waals surface area contributed by atoms with Gasteiger partial charge in [-0.05, 0) is 6.42 Å². The van der Waals surface area contributed by atoms with Gasteiger partial charge in [-0.15, -0.1) is 0 Å². The molecule has 20 heavy (non-hydrogen) atoms. The number of carbonyl (C=O) groups excluding carboxylic acids is 1. The molecule has 0 spiro atoms. The Kier molecular flexibility index (Phi) is 5.92. The molecule has 1 aromatic rings. The van der Waals surface area contributed by atoms with Gasteiger partial charge in [0.2, 0.25) is 5.75 Å². The maximum absolute atomic E-state index is 11.7. The van der Waals surface area contributed by atoms with Crippen molar-refractivity contribution in [3.63, 3.8) is 0 Å². The molecule has 0 atom stereocenters. The highest BCUT2D eigenvalue weighted by Crippen LogP contribution is 2.39. The lowest BCUT2D eigenvalue weighted by Gasteiger charge is -2.17. The summed E-state index contributed by atoms with van der Waals surface area (Å²) in [5.74, 6) is 1.27. The minimum Gasteiger partial charge on any atom is -0.493 e. The standard InChI is InChI=1S/C13H20N2O5/c1-5-6-15(17)13(16)14-9-7-10(18-2)12(20-4)11(8-9)19-3/h7-8,17H,5-6H2,1-4H3,(H,14,16). The first-order chi connectivity index (χ1) is 9.57. The van der Waals surface area contributed by atoms with Gasteiger partial charge in [-0.2, -0.15) is 0 Å². The van der Waals surface area contributed by atoms with Crippen molar-refractivity contribution in [2.45, 2.75) is 13.3 Å². The van der Waals surface area contributed by atoms with Crippen LogP contribution >= 0.6 is 0 Å². The van der Waals surface area contributed by atoms with Gasteiger partial charge in [0.05, 0.1) is 27.0 Å². The molecule has 0 aliphatic carbocycles. The quantitative estimate of drug-likeness (QED) is 0.619. The second kappa shape index (κ2) is 7.44. The van der Waals surface area contributed by atoms with E-state index in [1.807, 2.05) is 6.92 Å². The molecule has 1 aromatic carbocycles. The van der Waals surface area contributed by atoms with Crippen molar-refractivity contribution >= 4 is 11.7 Å². The lowest BCUT2D eigenvalue weighted by molar-refractivity contribution is -0.0369. The molecule has 0 aromatic heterocycles. The number of hydrogen-bond donors (Lipinski definition) is 2. The van der Waals surface area contributed by atoms with Crippen LogP contribution in [0.4, 0.5) is 10.5 Å². The van der Waals surface area contributed by atoms with Crippen LogP contribution in [0, 0.1) is 0 Å². The number of anilines is 1. The molecule has 0 aliphatic heterocycles. The summed E-state index contributed by atoms with van der Waals surface area (Å²) in [4.78, 5) is 11.7. The second-order valence-corrected chi connectivity index (χ2v) is 3.97. The van der Waals surface area contributed by atoms with Crippen LogP contribution < -0.4 is 19.5 Å². The fourth-order valence-electron chi connectivity index (χ4n) is 1.65. The van der Waals surface area contributed by atoms with Gasteiger partial charge in [-0.1, -0.05) is 6.92 Å². The number of nitrogens with zero attached hydrogens (tertiary/aromatic N) is 1. The predicted octanol–water partition coefficient (Wildman–Crippen LogP) is 2.35. The number of hydrogen-bond acceptors (Lipinski definition) is 5. The van der Waals surface area contributed by atoms with Crippen LogP contribution in [0.3, 0.4) is 0 Å². The lowest BCUT2D eigenvalue weighted by atomic mass is 10.2. The summed E-state index contributed by atoms with van der Waals surface area (Å²) in [7, 11) is 4.46. The molecule has 0 heterocycles. The number of benzene rings is 1. The summed E-state index contributed by atoms with van der Waals surface area (Å²) in [5, 5.41) is 12.6. The van der Waals surface area contributed by atoms with E-state index in [0.717, 1.165) is 0 Å². The van der Waals surface area contributed by atoms with E-state index in [0.29, 0.717) is 34.4 Å². The third-order valence-electron chi connectivity index (χ3n) is 2.59. The number of ether oxygens (including phenoxy) is 3. The first kappa shape index (κ1) is 15.9. The van der Waals surface area contributed by atoms with Gasteiger partial charge in [-0.3, -0.25) is 5.21 Å². The van der Waals surface area contributed by atoms with Crippen LogP contribution in [0.5, 0.6) is 17.2 Å². The van der Waals surface area contributed by atoms with Gasteiger partial charge in [0.25, 0.3) is 0 Å². The molecule has 112 valence electrons. The molecular formula is C13H20N2O5. The Labute approximate surface area is 118 Å². The van der Waals surface area contributed by atoms with E-state index >= 15 is 0 Å². The average molecular weight is 284 g/mol. The molecule has 7 heteroatoms. The van der Waals surface area contributed by atoms with Crippen molar-refractivity contribution in [1.82, 2.24) is 5.06 Å². The van der Waals surface area contributed by atoms with E-state index in [1.54, 1.807) is 12.1 Å². The van der Waals surface area contributed by atoms with Crippen LogP contribution in [0.2, 0.25) is 0 Å². The molecule has 2 N–H and O–H groups in total. The summed E-state index contributed by atoms with van der Waals surface area (Å²) in [6.07, 6.45) is 0.652. The number of carbonyl (C=O) groups is 1. The molecule has 0 bridgehead atoms. The fraction of sp³-hybridized carbons (Fsp3) is 0.462. The van der Waals surface area contributed by atoms with E-state index in [9.17, 15) is 10.0 Å². The van der Waals surface area contributed by atoms with E-state index < -0.39 is 6.03 Å². The zero-order valence-corrected chi connectivity index (χ0v) is 12.1. The zero-order chi connectivity index (χ0) is 15.1. The lowest BCUT2D eigenvalue weighted by Crippen LogP contribution is -2.32. The third-order valence-corrected chi connectivity index (χ3v) is 2.59. The highest BCUT2D eigenvalue weighted by atomic mass is 16.5. The van der Waals surface area contributed by atoms with E-state index in [1.165, 1.54) is 21.3 Å². The SMILES string of the molecule is CCCN(O)C(=O)Nc1cc(OC)c(OC)c(OC)c1. The molecule has 0 saturated carbocycles. The van der Waals surface area contributed by atoms with Crippen LogP contribution in [-0.4, -0.2) is 44.2 Å². The van der Waals surface area contributed by atoms with Crippen LogP contribution in [0.15, 0.2) is 12.1 Å². The maximum Gasteiger partial charge on any atom is 0.345 e. The first-order valence-electron chi connectivity index (χ1n) is 6.14. The van der Waals surface area contributed by atoms with Crippen LogP contribution in [0.1, 0.15) is 13.3 Å². The zero-order valence-electron chi connectivity index (χ0n) is 12.1. The number of amides is 2. The molecule has 1 rings (SSSR count). The second-order valence-electron chi connectivity index (χ2n) is 3.97. The van der Waals surface area contributed by atoms with Gasteiger partial charge < -0.3 is 19.5 Å². The van der Waals surface area contributed by atoms with Crippen molar-refractivity contribution in [2.75, 3.05) is 33.2 Å². The Morgan fingerprint density at radius 2 is 1.75 bits per heavy atom. The van der Waals surface area contributed by atoms with E-state index in [4.69, 9.17) is 14.2 Å². The summed E-state index contributed by atoms with van der Waals surface area (Å²) in [5.41, 5.74) is 0.430. The van der Waals surface area contributed by atoms with E-state index in [2.05, 4.69) is 5.32 Å². The Bertz CT molecular complexity index is 439. The van der Waals surface area contributed by atoms with Crippen LogP contribution in [0.25, 0.3) is 0 Å². The third kappa shape index (κ3) is 3.67. The highest BCUT2D eigenvalue weighted by Gasteiger charge is 2.16. The fourth-order valence-corrected chi connectivity index (χ4v) is 1.65. The summed E-state index contributed by atoms with van der Waals surface area (Å²) in [6.45, 7) is 2.10. The average Bonchev–Trinajstić information content (AvgIpc) is 2.46. The van der Waals surface area contributed by atoms with Gasteiger partial charge in [0.1, 0.15) is 0 Å². The summed E-state index contributed by atoms with van der Waals surface area (Å²) >= 11 is 0. The van der Waals surface area contributed by atoms with Gasteiger partial charge >= 0.3 is 6.03 Å². The Hall–Kier alpha value is -2.15. The Morgan fingerprint density at radius 3 is 2.15 bits per heavy atom. The minimum atomic E-state index is -0.624. The number of urea groups is 1. The molecule has 2 amide bonds. The van der Waals surface area contributed by atoms with Crippen LogP contribution in [-0.2, 0) is 0 Å². The van der Waals surface area contributed by atoms with Crippen molar-refractivity contribution in [1.29, 1.82) is 0 Å². The Balaban J connectivity index is 2.99. The van der Waals surface area contributed by atoms with Gasteiger partial charge in [-0.25, -0.2) is 9.86 Å². The van der Waals surface area contributed by atoms with Crippen molar-refractivity contribution in [3.05, 3.63) is 12.1 Å². The maximum atomic E-state index is 11.7. The highest BCUT2D eigenvalue weighted by molar-refractivity contribution is 5.89. The van der Waals surface area contributed by atoms with E-state index in [-0.39, 0.29) is 6.54 Å². The minimum absolute atomic E-state index is 0.246. The normalized spacial score (nSPS) is 9.85. The molecule has 7 nitrogen and oxygen atoms in total. The monoisotopic (exact) mass is 284 g/mol. The molecule has 0 aliphatic rings. The largest absolute Gasteiger partial charge is 0.493 e. The molecule has 0 fully saturated rings. The first-order valence-corrected chi connectivity index (χ1v) is 6.14. The van der Waals surface area contributed by atoms with Gasteiger partial charge in [0.15, 0.2) is 11.5 Å². The van der Waals surface area contributed by atoms with Gasteiger partial charge in [0, 0.05) is 18.7 Å². The molecule has 0 unspecified atom stereocenters. The number of rotatable bonds is 6. The number of hydroxylamine groups is 2. The van der Waals surface area contributed by atoms with Crippen molar-refractivity contribution in [3.8, 4) is 17.2 Å². The molecule has 0 saturated heterocycles. The molecular weight excluding hydrogens is 264 g/mol. The smallest absolute Gasteiger partial charge is 0.345 e. The Morgan fingerprint density at radius 1 is 1.20 bits per heavy atom. The molecule has 0 radical (unpaired) electrons. The predicted molar refractivity (Wildman–Crippen MR) is 73.9 cm³/mol. The summed E-state index contributed by atoms with van der Waals surface area (Å²) in [6, 6.07) is 2.54. The van der Waals surface area contributed by atoms with Crippen molar-refractivity contribution in [2.24, 2.45) is 0 Å². The number of methoxy groups -OCH3 is 3. The summed E-state index contributed by atoms with van der Waals surface area (Å²) < 4.78 is 15.5.